The molecule has 3 aromatic rings. The highest BCUT2D eigenvalue weighted by Gasteiger charge is 2.04. The zero-order chi connectivity index (χ0) is 13.9. The number of hydrogen-bond donors (Lipinski definition) is 1. The Morgan fingerprint density at radius 1 is 1.30 bits per heavy atom. The zero-order valence-corrected chi connectivity index (χ0v) is 13.3. The molecule has 20 heavy (non-hydrogen) atoms. The van der Waals surface area contributed by atoms with Crippen molar-refractivity contribution in [2.45, 2.75) is 13.5 Å². The van der Waals surface area contributed by atoms with E-state index >= 15 is 0 Å². The standard InChI is InChI=1S/C15H13BrN2OS/c1-10-18-14(9-20-10)11-3-2-4-12(7-11)17-8-13-5-6-15(16)19-13/h2-7,9,17H,8H2,1H3. The Bertz CT molecular complexity index is 720. The maximum absolute atomic E-state index is 5.47. The molecule has 0 atom stereocenters. The molecular formula is C15H13BrN2OS. The van der Waals surface area contributed by atoms with E-state index in [1.807, 2.05) is 31.2 Å². The number of aryl methyl sites for hydroxylation is 1. The second kappa shape index (κ2) is 5.81. The molecule has 0 aliphatic heterocycles. The number of nitrogens with one attached hydrogen (secondary N) is 1. The summed E-state index contributed by atoms with van der Waals surface area (Å²) in [6, 6.07) is 12.1. The first-order chi connectivity index (χ1) is 9.70. The first-order valence-electron chi connectivity index (χ1n) is 6.21. The molecule has 1 aromatic carbocycles. The number of nitrogens with zero attached hydrogens (tertiary/aromatic N) is 1. The molecule has 0 fully saturated rings. The molecular weight excluding hydrogens is 336 g/mol. The Morgan fingerprint density at radius 3 is 2.90 bits per heavy atom. The molecule has 3 nitrogen and oxygen atoms in total. The third-order valence-electron chi connectivity index (χ3n) is 2.87. The quantitative estimate of drug-likeness (QED) is 0.713. The average molecular weight is 349 g/mol. The minimum atomic E-state index is 0.658. The summed E-state index contributed by atoms with van der Waals surface area (Å²) in [7, 11) is 0. The predicted octanol–water partition coefficient (Wildman–Crippen LogP) is 5.09. The molecule has 0 aliphatic carbocycles. The molecule has 2 aromatic heterocycles. The van der Waals surface area contributed by atoms with Crippen LogP contribution >= 0.6 is 27.3 Å². The lowest BCUT2D eigenvalue weighted by molar-refractivity contribution is 0.495. The van der Waals surface area contributed by atoms with E-state index in [0.717, 1.165) is 32.4 Å². The molecule has 0 amide bonds. The summed E-state index contributed by atoms with van der Waals surface area (Å²) < 4.78 is 6.22. The lowest BCUT2D eigenvalue weighted by atomic mass is 10.1. The number of hydrogen-bond acceptors (Lipinski definition) is 4. The second-order valence-corrected chi connectivity index (χ2v) is 6.24. The Labute approximate surface area is 129 Å². The van der Waals surface area contributed by atoms with E-state index in [4.69, 9.17) is 4.42 Å². The zero-order valence-electron chi connectivity index (χ0n) is 10.9. The van der Waals surface area contributed by atoms with Crippen LogP contribution in [0, 0.1) is 6.92 Å². The highest BCUT2D eigenvalue weighted by molar-refractivity contribution is 9.10. The van der Waals surface area contributed by atoms with Gasteiger partial charge in [-0.3, -0.25) is 0 Å². The van der Waals surface area contributed by atoms with Gasteiger partial charge in [-0.15, -0.1) is 11.3 Å². The maximum atomic E-state index is 5.47. The van der Waals surface area contributed by atoms with Gasteiger partial charge in [0.2, 0.25) is 0 Å². The van der Waals surface area contributed by atoms with E-state index in [0.29, 0.717) is 6.54 Å². The van der Waals surface area contributed by atoms with E-state index in [2.05, 4.69) is 43.7 Å². The molecule has 5 heteroatoms. The molecule has 102 valence electrons. The number of benzene rings is 1. The fourth-order valence-electron chi connectivity index (χ4n) is 1.92. The van der Waals surface area contributed by atoms with E-state index in [1.54, 1.807) is 11.3 Å². The Kier molecular flexibility index (Phi) is 3.89. The van der Waals surface area contributed by atoms with Crippen LogP contribution in [0.3, 0.4) is 0 Å². The minimum absolute atomic E-state index is 0.658. The van der Waals surface area contributed by atoms with E-state index in [-0.39, 0.29) is 0 Å². The van der Waals surface area contributed by atoms with Gasteiger partial charge in [0, 0.05) is 16.6 Å². The van der Waals surface area contributed by atoms with Crippen LogP contribution in [0.5, 0.6) is 0 Å². The molecule has 3 rings (SSSR count). The van der Waals surface area contributed by atoms with Gasteiger partial charge >= 0.3 is 0 Å². The summed E-state index contributed by atoms with van der Waals surface area (Å²) in [5.74, 6) is 0.895. The lowest BCUT2D eigenvalue weighted by Crippen LogP contribution is -1.97. The van der Waals surface area contributed by atoms with Gasteiger partial charge in [0.05, 0.1) is 17.2 Å². The fraction of sp³-hybridized carbons (Fsp3) is 0.133. The van der Waals surface area contributed by atoms with Gasteiger partial charge in [-0.25, -0.2) is 4.98 Å². The van der Waals surface area contributed by atoms with Crippen molar-refractivity contribution >= 4 is 33.0 Å². The Balaban J connectivity index is 1.74. The number of anilines is 1. The smallest absolute Gasteiger partial charge is 0.169 e. The summed E-state index contributed by atoms with van der Waals surface area (Å²) in [6.45, 7) is 2.68. The minimum Gasteiger partial charge on any atom is -0.452 e. The Hall–Kier alpha value is -1.59. The summed E-state index contributed by atoms with van der Waals surface area (Å²) >= 11 is 4.97. The van der Waals surface area contributed by atoms with E-state index in [9.17, 15) is 0 Å². The number of halogens is 1. The van der Waals surface area contributed by atoms with Crippen LogP contribution in [0.15, 0.2) is 50.9 Å². The number of thiazole rings is 1. The van der Waals surface area contributed by atoms with Crippen LogP contribution in [0.4, 0.5) is 5.69 Å². The van der Waals surface area contributed by atoms with Gasteiger partial charge in [0.15, 0.2) is 4.67 Å². The first kappa shape index (κ1) is 13.4. The van der Waals surface area contributed by atoms with Crippen molar-refractivity contribution in [3.8, 4) is 11.3 Å². The second-order valence-electron chi connectivity index (χ2n) is 4.39. The molecule has 0 saturated carbocycles. The van der Waals surface area contributed by atoms with Crippen molar-refractivity contribution in [2.75, 3.05) is 5.32 Å². The predicted molar refractivity (Wildman–Crippen MR) is 86.0 cm³/mol. The van der Waals surface area contributed by atoms with Crippen molar-refractivity contribution in [2.24, 2.45) is 0 Å². The summed E-state index contributed by atoms with van der Waals surface area (Å²) in [5.41, 5.74) is 3.21. The van der Waals surface area contributed by atoms with Crippen molar-refractivity contribution in [1.82, 2.24) is 4.98 Å². The summed E-state index contributed by atoms with van der Waals surface area (Å²) in [5, 5.41) is 6.52. The first-order valence-corrected chi connectivity index (χ1v) is 7.88. The third kappa shape index (κ3) is 3.11. The summed E-state index contributed by atoms with van der Waals surface area (Å²) in [6.07, 6.45) is 0. The third-order valence-corrected chi connectivity index (χ3v) is 4.07. The van der Waals surface area contributed by atoms with Gasteiger partial charge in [0.1, 0.15) is 5.76 Å². The SMILES string of the molecule is Cc1nc(-c2cccc(NCc3ccc(Br)o3)c2)cs1. The molecule has 0 radical (unpaired) electrons. The van der Waals surface area contributed by atoms with Crippen LogP contribution in [0.25, 0.3) is 11.3 Å². The fourth-order valence-corrected chi connectivity index (χ4v) is 2.88. The normalized spacial score (nSPS) is 10.7. The van der Waals surface area contributed by atoms with Crippen LogP contribution in [-0.4, -0.2) is 4.98 Å². The topological polar surface area (TPSA) is 38.1 Å². The number of aromatic nitrogens is 1. The Morgan fingerprint density at radius 2 is 2.20 bits per heavy atom. The van der Waals surface area contributed by atoms with Crippen molar-refractivity contribution in [3.63, 3.8) is 0 Å². The van der Waals surface area contributed by atoms with Gasteiger partial charge < -0.3 is 9.73 Å². The van der Waals surface area contributed by atoms with E-state index in [1.165, 1.54) is 0 Å². The van der Waals surface area contributed by atoms with Crippen molar-refractivity contribution in [3.05, 3.63) is 57.2 Å². The molecule has 0 aliphatic rings. The largest absolute Gasteiger partial charge is 0.452 e. The van der Waals surface area contributed by atoms with Crippen LogP contribution < -0.4 is 5.32 Å². The lowest BCUT2D eigenvalue weighted by Gasteiger charge is -2.06. The molecule has 0 bridgehead atoms. The highest BCUT2D eigenvalue weighted by Crippen LogP contribution is 2.24. The molecule has 0 saturated heterocycles. The van der Waals surface area contributed by atoms with E-state index < -0.39 is 0 Å². The summed E-state index contributed by atoms with van der Waals surface area (Å²) in [4.78, 5) is 4.51. The molecule has 0 spiro atoms. The van der Waals surface area contributed by atoms with Gasteiger partial charge in [-0.2, -0.15) is 0 Å². The van der Waals surface area contributed by atoms with Crippen LogP contribution in [0.1, 0.15) is 10.8 Å². The van der Waals surface area contributed by atoms with Crippen LogP contribution in [-0.2, 0) is 6.54 Å². The maximum Gasteiger partial charge on any atom is 0.169 e. The van der Waals surface area contributed by atoms with Crippen LogP contribution in [0.2, 0.25) is 0 Å². The van der Waals surface area contributed by atoms with Gasteiger partial charge in [-0.1, -0.05) is 12.1 Å². The average Bonchev–Trinajstić information content (AvgIpc) is 3.06. The van der Waals surface area contributed by atoms with Crippen molar-refractivity contribution < 1.29 is 4.42 Å². The monoisotopic (exact) mass is 348 g/mol. The number of rotatable bonds is 4. The molecule has 1 N–H and O–H groups in total. The highest BCUT2D eigenvalue weighted by atomic mass is 79.9. The number of furan rings is 1. The van der Waals surface area contributed by atoms with Gasteiger partial charge in [-0.05, 0) is 47.1 Å². The van der Waals surface area contributed by atoms with Crippen molar-refractivity contribution in [1.29, 1.82) is 0 Å². The molecule has 2 heterocycles. The molecule has 0 unspecified atom stereocenters. The van der Waals surface area contributed by atoms with Gasteiger partial charge in [0.25, 0.3) is 0 Å².